The van der Waals surface area contributed by atoms with Gasteiger partial charge in [0.05, 0.1) is 6.04 Å². The molecule has 0 radical (unpaired) electrons. The minimum absolute atomic E-state index is 0. The molecule has 86 valence electrons. The number of benzene rings is 1. The molecule has 1 atom stereocenters. The molecule has 2 aromatic rings. The first-order valence-electron chi connectivity index (χ1n) is 4.75. The summed E-state index contributed by atoms with van der Waals surface area (Å²) in [5.74, 6) is 0. The van der Waals surface area contributed by atoms with Gasteiger partial charge in [-0.15, -0.1) is 23.7 Å². The van der Waals surface area contributed by atoms with Crippen LogP contribution in [0.15, 0.2) is 35.8 Å². The van der Waals surface area contributed by atoms with Crippen molar-refractivity contribution < 1.29 is 0 Å². The van der Waals surface area contributed by atoms with Gasteiger partial charge in [0.25, 0.3) is 0 Å². The van der Waals surface area contributed by atoms with E-state index >= 15 is 0 Å². The number of nitrogen functional groups attached to an aromatic ring is 1. The Kier molecular flexibility index (Phi) is 4.73. The van der Waals surface area contributed by atoms with Crippen molar-refractivity contribution in [3.05, 3.63) is 46.4 Å². The summed E-state index contributed by atoms with van der Waals surface area (Å²) in [6, 6.07) is 7.77. The zero-order chi connectivity index (χ0) is 10.7. The average molecular weight is 256 g/mol. The second-order valence-corrected chi connectivity index (χ2v) is 4.35. The van der Waals surface area contributed by atoms with Gasteiger partial charge < -0.3 is 11.5 Å². The molecule has 1 unspecified atom stereocenters. The normalized spacial score (nSPS) is 11.8. The summed E-state index contributed by atoms with van der Waals surface area (Å²) in [6.07, 6.45) is 2.58. The Morgan fingerprint density at radius 2 is 1.94 bits per heavy atom. The molecule has 0 spiro atoms. The van der Waals surface area contributed by atoms with E-state index in [1.807, 2.05) is 29.6 Å². The van der Waals surface area contributed by atoms with E-state index in [0.717, 1.165) is 17.1 Å². The standard InChI is InChI=1S/C11H13N3S.ClH/c12-9-3-1-8(2-4-9)7-10(13)11-14-5-6-15-11;/h1-6,10H,7,12-13H2;1H. The van der Waals surface area contributed by atoms with E-state index in [-0.39, 0.29) is 18.4 Å². The summed E-state index contributed by atoms with van der Waals surface area (Å²) in [5, 5.41) is 2.92. The summed E-state index contributed by atoms with van der Waals surface area (Å²) in [6.45, 7) is 0. The first-order chi connectivity index (χ1) is 7.25. The van der Waals surface area contributed by atoms with E-state index in [2.05, 4.69) is 4.98 Å². The topological polar surface area (TPSA) is 64.9 Å². The Morgan fingerprint density at radius 3 is 2.50 bits per heavy atom. The number of hydrogen-bond donors (Lipinski definition) is 2. The van der Waals surface area contributed by atoms with Crippen LogP contribution in [0.4, 0.5) is 5.69 Å². The van der Waals surface area contributed by atoms with Crippen LogP contribution in [0, 0.1) is 0 Å². The van der Waals surface area contributed by atoms with Gasteiger partial charge in [0.1, 0.15) is 5.01 Å². The molecule has 0 fully saturated rings. The highest BCUT2D eigenvalue weighted by molar-refractivity contribution is 7.09. The smallest absolute Gasteiger partial charge is 0.110 e. The van der Waals surface area contributed by atoms with Crippen molar-refractivity contribution in [1.29, 1.82) is 0 Å². The van der Waals surface area contributed by atoms with Gasteiger partial charge in [-0.25, -0.2) is 4.98 Å². The Hall–Kier alpha value is -1.10. The van der Waals surface area contributed by atoms with Crippen LogP contribution in [0.1, 0.15) is 16.6 Å². The van der Waals surface area contributed by atoms with Gasteiger partial charge in [-0.3, -0.25) is 0 Å². The summed E-state index contributed by atoms with van der Waals surface area (Å²) >= 11 is 1.59. The van der Waals surface area contributed by atoms with Crippen LogP contribution >= 0.6 is 23.7 Å². The van der Waals surface area contributed by atoms with Crippen molar-refractivity contribution >= 4 is 29.4 Å². The molecule has 2 rings (SSSR count). The van der Waals surface area contributed by atoms with Crippen molar-refractivity contribution in [2.24, 2.45) is 5.73 Å². The molecule has 0 aliphatic rings. The zero-order valence-corrected chi connectivity index (χ0v) is 10.3. The van der Waals surface area contributed by atoms with Gasteiger partial charge in [-0.05, 0) is 24.1 Å². The lowest BCUT2D eigenvalue weighted by molar-refractivity contribution is 0.715. The minimum Gasteiger partial charge on any atom is -0.399 e. The summed E-state index contributed by atoms with van der Waals surface area (Å²) in [7, 11) is 0. The number of anilines is 1. The molecule has 0 saturated heterocycles. The van der Waals surface area contributed by atoms with Crippen LogP contribution in [0.25, 0.3) is 0 Å². The van der Waals surface area contributed by atoms with E-state index in [1.54, 1.807) is 17.5 Å². The van der Waals surface area contributed by atoms with Gasteiger partial charge in [-0.2, -0.15) is 0 Å². The molecular formula is C11H14ClN3S. The first kappa shape index (κ1) is 13.0. The van der Waals surface area contributed by atoms with Crippen molar-refractivity contribution in [2.75, 3.05) is 5.73 Å². The van der Waals surface area contributed by atoms with Crippen LogP contribution in [-0.4, -0.2) is 4.98 Å². The van der Waals surface area contributed by atoms with Crippen LogP contribution < -0.4 is 11.5 Å². The molecule has 0 saturated carbocycles. The molecule has 0 bridgehead atoms. The SMILES string of the molecule is Cl.Nc1ccc(CC(N)c2nccs2)cc1. The number of nitrogens with two attached hydrogens (primary N) is 2. The summed E-state index contributed by atoms with van der Waals surface area (Å²) in [5.41, 5.74) is 13.6. The van der Waals surface area contributed by atoms with Gasteiger partial charge in [0, 0.05) is 17.3 Å². The molecule has 1 aromatic heterocycles. The molecule has 16 heavy (non-hydrogen) atoms. The van der Waals surface area contributed by atoms with Crippen LogP contribution in [0.5, 0.6) is 0 Å². The number of thiazole rings is 1. The maximum absolute atomic E-state index is 6.03. The largest absolute Gasteiger partial charge is 0.399 e. The molecule has 5 heteroatoms. The van der Waals surface area contributed by atoms with Crippen LogP contribution in [0.2, 0.25) is 0 Å². The van der Waals surface area contributed by atoms with Crippen molar-refractivity contribution in [1.82, 2.24) is 4.98 Å². The summed E-state index contributed by atoms with van der Waals surface area (Å²) in [4.78, 5) is 4.20. The quantitative estimate of drug-likeness (QED) is 0.828. The fourth-order valence-corrected chi connectivity index (χ4v) is 2.05. The van der Waals surface area contributed by atoms with E-state index < -0.39 is 0 Å². The fraction of sp³-hybridized carbons (Fsp3) is 0.182. The van der Waals surface area contributed by atoms with Crippen LogP contribution in [0.3, 0.4) is 0 Å². The molecule has 0 aliphatic carbocycles. The molecule has 4 N–H and O–H groups in total. The number of aromatic nitrogens is 1. The molecule has 1 heterocycles. The molecule has 0 aliphatic heterocycles. The van der Waals surface area contributed by atoms with Gasteiger partial charge in [0.2, 0.25) is 0 Å². The second kappa shape index (κ2) is 5.84. The predicted octanol–water partition coefficient (Wildman–Crippen LogP) is 2.39. The van der Waals surface area contributed by atoms with Crippen LogP contribution in [-0.2, 0) is 6.42 Å². The van der Waals surface area contributed by atoms with E-state index in [4.69, 9.17) is 11.5 Å². The third-order valence-electron chi connectivity index (χ3n) is 2.20. The molecule has 1 aromatic carbocycles. The number of nitrogens with zero attached hydrogens (tertiary/aromatic N) is 1. The maximum atomic E-state index is 6.03. The minimum atomic E-state index is -0.0198. The van der Waals surface area contributed by atoms with Gasteiger partial charge in [-0.1, -0.05) is 12.1 Å². The summed E-state index contributed by atoms with van der Waals surface area (Å²) < 4.78 is 0. The Bertz CT molecular complexity index is 413. The second-order valence-electron chi connectivity index (χ2n) is 3.42. The Labute approximate surface area is 105 Å². The third-order valence-corrected chi connectivity index (χ3v) is 3.11. The zero-order valence-electron chi connectivity index (χ0n) is 8.67. The molecule has 0 amide bonds. The Balaban J connectivity index is 0.00000128. The third kappa shape index (κ3) is 3.20. The highest BCUT2D eigenvalue weighted by Crippen LogP contribution is 2.18. The predicted molar refractivity (Wildman–Crippen MR) is 70.8 cm³/mol. The number of halogens is 1. The van der Waals surface area contributed by atoms with Gasteiger partial charge >= 0.3 is 0 Å². The Morgan fingerprint density at radius 1 is 1.25 bits per heavy atom. The average Bonchev–Trinajstić information content (AvgIpc) is 2.74. The van der Waals surface area contributed by atoms with Gasteiger partial charge in [0.15, 0.2) is 0 Å². The van der Waals surface area contributed by atoms with Crippen molar-refractivity contribution in [2.45, 2.75) is 12.5 Å². The highest BCUT2D eigenvalue weighted by atomic mass is 35.5. The lowest BCUT2D eigenvalue weighted by Crippen LogP contribution is -2.12. The number of rotatable bonds is 3. The highest BCUT2D eigenvalue weighted by Gasteiger charge is 2.08. The lowest BCUT2D eigenvalue weighted by Gasteiger charge is -2.08. The van der Waals surface area contributed by atoms with E-state index in [9.17, 15) is 0 Å². The monoisotopic (exact) mass is 255 g/mol. The fourth-order valence-electron chi connectivity index (χ4n) is 1.41. The lowest BCUT2D eigenvalue weighted by atomic mass is 10.1. The maximum Gasteiger partial charge on any atom is 0.110 e. The van der Waals surface area contributed by atoms with Crippen molar-refractivity contribution in [3.8, 4) is 0 Å². The van der Waals surface area contributed by atoms with E-state index in [1.165, 1.54) is 5.56 Å². The number of hydrogen-bond acceptors (Lipinski definition) is 4. The molecular weight excluding hydrogens is 242 g/mol. The first-order valence-corrected chi connectivity index (χ1v) is 5.63. The molecule has 3 nitrogen and oxygen atoms in total. The van der Waals surface area contributed by atoms with E-state index in [0.29, 0.717) is 0 Å². The van der Waals surface area contributed by atoms with Crippen molar-refractivity contribution in [3.63, 3.8) is 0 Å².